The molecule has 0 saturated heterocycles. The number of amides is 1. The summed E-state index contributed by atoms with van der Waals surface area (Å²) in [4.78, 5) is 17.9. The fraction of sp³-hybridized carbons (Fsp3) is 0.529. The quantitative estimate of drug-likeness (QED) is 0.730. The van der Waals surface area contributed by atoms with Crippen molar-refractivity contribution in [3.8, 4) is 0 Å². The molecule has 1 aromatic heterocycles. The number of hydrogen-bond acceptors (Lipinski definition) is 2. The zero-order chi connectivity index (χ0) is 15.2. The Morgan fingerprint density at radius 2 is 2.00 bits per heavy atom. The summed E-state index contributed by atoms with van der Waals surface area (Å²) >= 11 is 0. The van der Waals surface area contributed by atoms with Gasteiger partial charge < -0.3 is 9.47 Å². The highest BCUT2D eigenvalue weighted by Crippen LogP contribution is 2.18. The molecule has 2 aromatic rings. The predicted molar refractivity (Wildman–Crippen MR) is 86.0 cm³/mol. The third kappa shape index (κ3) is 3.84. The molecule has 1 heterocycles. The third-order valence-electron chi connectivity index (χ3n) is 3.89. The number of fused-ring (bicyclic) bond motifs is 1. The first-order valence-electron chi connectivity index (χ1n) is 7.79. The largest absolute Gasteiger partial charge is 0.339 e. The molecule has 0 aliphatic rings. The second-order valence-corrected chi connectivity index (χ2v) is 5.60. The summed E-state index contributed by atoms with van der Waals surface area (Å²) in [5.41, 5.74) is 2.18. The van der Waals surface area contributed by atoms with E-state index in [1.165, 1.54) is 24.8 Å². The number of benzene rings is 1. The summed E-state index contributed by atoms with van der Waals surface area (Å²) in [7, 11) is 1.82. The topological polar surface area (TPSA) is 38.1 Å². The summed E-state index contributed by atoms with van der Waals surface area (Å²) in [6.45, 7) is 5.35. The van der Waals surface area contributed by atoms with Crippen molar-refractivity contribution in [2.24, 2.45) is 0 Å². The molecule has 4 nitrogen and oxygen atoms in total. The molecular weight excluding hydrogens is 262 g/mol. The van der Waals surface area contributed by atoms with Crippen molar-refractivity contribution < 1.29 is 4.79 Å². The van der Waals surface area contributed by atoms with Crippen molar-refractivity contribution in [1.82, 2.24) is 14.5 Å². The maximum atomic E-state index is 11.5. The van der Waals surface area contributed by atoms with Crippen molar-refractivity contribution in [1.29, 1.82) is 0 Å². The molecule has 21 heavy (non-hydrogen) atoms. The highest BCUT2D eigenvalue weighted by atomic mass is 16.2. The lowest BCUT2D eigenvalue weighted by Gasteiger charge is -2.16. The number of aryl methyl sites for hydroxylation is 1. The number of hydrogen-bond donors (Lipinski definition) is 0. The van der Waals surface area contributed by atoms with Gasteiger partial charge in [-0.05, 0) is 18.6 Å². The lowest BCUT2D eigenvalue weighted by atomic mass is 10.2. The second-order valence-electron chi connectivity index (χ2n) is 5.60. The lowest BCUT2D eigenvalue weighted by molar-refractivity contribution is -0.128. The first kappa shape index (κ1) is 15.5. The Balaban J connectivity index is 2.23. The molecule has 1 amide bonds. The Labute approximate surface area is 126 Å². The van der Waals surface area contributed by atoms with E-state index in [1.54, 1.807) is 11.8 Å². The summed E-state index contributed by atoms with van der Waals surface area (Å²) < 4.78 is 2.27. The fourth-order valence-electron chi connectivity index (χ4n) is 2.52. The molecule has 0 fully saturated rings. The van der Waals surface area contributed by atoms with Crippen molar-refractivity contribution >= 4 is 16.9 Å². The number of aromatic nitrogens is 2. The summed E-state index contributed by atoms with van der Waals surface area (Å²) in [5, 5.41) is 0. The molecule has 114 valence electrons. The summed E-state index contributed by atoms with van der Waals surface area (Å²) in [5.74, 6) is 1.05. The molecule has 0 aliphatic carbocycles. The van der Waals surface area contributed by atoms with Crippen molar-refractivity contribution in [3.63, 3.8) is 0 Å². The van der Waals surface area contributed by atoms with Crippen molar-refractivity contribution in [2.75, 3.05) is 7.05 Å². The molecular formula is C17H25N3O. The number of carbonyl (C=O) groups excluding carboxylic acids is 1. The Kier molecular flexibility index (Phi) is 5.37. The van der Waals surface area contributed by atoms with Gasteiger partial charge in [0.2, 0.25) is 5.91 Å². The molecule has 0 atom stereocenters. The van der Waals surface area contributed by atoms with Crippen LogP contribution in [-0.4, -0.2) is 27.4 Å². The maximum Gasteiger partial charge on any atom is 0.219 e. The van der Waals surface area contributed by atoms with Gasteiger partial charge in [-0.2, -0.15) is 0 Å². The average Bonchev–Trinajstić information content (AvgIpc) is 2.81. The van der Waals surface area contributed by atoms with E-state index in [2.05, 4.69) is 17.6 Å². The van der Waals surface area contributed by atoms with Gasteiger partial charge in [-0.25, -0.2) is 4.98 Å². The SMILES string of the molecule is CCCCCCn1c(CN(C)C(C)=O)nc2ccccc21. The predicted octanol–water partition coefficient (Wildman–Crippen LogP) is 3.59. The Morgan fingerprint density at radius 1 is 1.24 bits per heavy atom. The van der Waals surface area contributed by atoms with Crippen molar-refractivity contribution in [3.05, 3.63) is 30.1 Å². The van der Waals surface area contributed by atoms with E-state index in [0.717, 1.165) is 24.3 Å². The zero-order valence-corrected chi connectivity index (χ0v) is 13.3. The minimum Gasteiger partial charge on any atom is -0.339 e. The zero-order valence-electron chi connectivity index (χ0n) is 13.3. The molecule has 2 rings (SSSR count). The van der Waals surface area contributed by atoms with Crippen LogP contribution in [0.2, 0.25) is 0 Å². The molecule has 1 aromatic carbocycles. The van der Waals surface area contributed by atoms with Crippen LogP contribution in [0.3, 0.4) is 0 Å². The van der Waals surface area contributed by atoms with Crippen LogP contribution >= 0.6 is 0 Å². The van der Waals surface area contributed by atoms with Gasteiger partial charge in [-0.3, -0.25) is 4.79 Å². The summed E-state index contributed by atoms with van der Waals surface area (Å²) in [6, 6.07) is 8.20. The Morgan fingerprint density at radius 3 is 2.71 bits per heavy atom. The third-order valence-corrected chi connectivity index (χ3v) is 3.89. The van der Waals surface area contributed by atoms with E-state index >= 15 is 0 Å². The van der Waals surface area contributed by atoms with Gasteiger partial charge in [-0.1, -0.05) is 38.3 Å². The number of unbranched alkanes of at least 4 members (excludes halogenated alkanes) is 3. The fourth-order valence-corrected chi connectivity index (χ4v) is 2.52. The number of para-hydroxylation sites is 2. The van der Waals surface area contributed by atoms with E-state index in [9.17, 15) is 4.79 Å². The average molecular weight is 287 g/mol. The van der Waals surface area contributed by atoms with Crippen molar-refractivity contribution in [2.45, 2.75) is 52.6 Å². The van der Waals surface area contributed by atoms with Crippen LogP contribution in [0.15, 0.2) is 24.3 Å². The number of carbonyl (C=O) groups is 1. The van der Waals surface area contributed by atoms with Crippen LogP contribution < -0.4 is 0 Å². The highest BCUT2D eigenvalue weighted by molar-refractivity contribution is 5.76. The molecule has 0 saturated carbocycles. The molecule has 0 N–H and O–H groups in total. The van der Waals surface area contributed by atoms with Gasteiger partial charge >= 0.3 is 0 Å². The molecule has 0 spiro atoms. The van der Waals surface area contributed by atoms with Crippen LogP contribution in [0, 0.1) is 0 Å². The number of nitrogens with zero attached hydrogens (tertiary/aromatic N) is 3. The van der Waals surface area contributed by atoms with Gasteiger partial charge in [0.05, 0.1) is 17.6 Å². The second kappa shape index (κ2) is 7.25. The number of rotatable bonds is 7. The van der Waals surface area contributed by atoms with E-state index in [-0.39, 0.29) is 5.91 Å². The molecule has 0 aliphatic heterocycles. The van der Waals surface area contributed by atoms with Gasteiger partial charge in [-0.15, -0.1) is 0 Å². The van der Waals surface area contributed by atoms with E-state index in [4.69, 9.17) is 4.98 Å². The minimum atomic E-state index is 0.0691. The minimum absolute atomic E-state index is 0.0691. The first-order chi connectivity index (χ1) is 10.1. The van der Waals surface area contributed by atoms with Crippen LogP contribution in [0.4, 0.5) is 0 Å². The smallest absolute Gasteiger partial charge is 0.219 e. The molecule has 0 bridgehead atoms. The lowest BCUT2D eigenvalue weighted by Crippen LogP contribution is -2.25. The molecule has 0 radical (unpaired) electrons. The van der Waals surface area contributed by atoms with Gasteiger partial charge in [0, 0.05) is 20.5 Å². The van der Waals surface area contributed by atoms with Gasteiger partial charge in [0.15, 0.2) is 0 Å². The van der Waals surface area contributed by atoms with E-state index in [1.807, 2.05) is 25.2 Å². The van der Waals surface area contributed by atoms with E-state index < -0.39 is 0 Å². The van der Waals surface area contributed by atoms with Crippen LogP contribution in [0.25, 0.3) is 11.0 Å². The maximum absolute atomic E-state index is 11.5. The van der Waals surface area contributed by atoms with Crippen LogP contribution in [-0.2, 0) is 17.9 Å². The summed E-state index contributed by atoms with van der Waals surface area (Å²) in [6.07, 6.45) is 4.91. The van der Waals surface area contributed by atoms with Gasteiger partial charge in [0.1, 0.15) is 5.82 Å². The number of imidazole rings is 1. The molecule has 0 unspecified atom stereocenters. The standard InChI is InChI=1S/C17H25N3O/c1-4-5-6-9-12-20-16-11-8-7-10-15(16)18-17(20)13-19(3)14(2)21/h7-8,10-11H,4-6,9,12-13H2,1-3H3. The van der Waals surface area contributed by atoms with Crippen LogP contribution in [0.5, 0.6) is 0 Å². The van der Waals surface area contributed by atoms with Gasteiger partial charge in [0.25, 0.3) is 0 Å². The first-order valence-corrected chi connectivity index (χ1v) is 7.79. The highest BCUT2D eigenvalue weighted by Gasteiger charge is 2.13. The van der Waals surface area contributed by atoms with Crippen LogP contribution in [0.1, 0.15) is 45.4 Å². The monoisotopic (exact) mass is 287 g/mol. The van der Waals surface area contributed by atoms with E-state index in [0.29, 0.717) is 6.54 Å². The Hall–Kier alpha value is -1.84. The Bertz CT molecular complexity index is 603. The molecule has 4 heteroatoms. The normalized spacial score (nSPS) is 11.0.